The van der Waals surface area contributed by atoms with Gasteiger partial charge in [0, 0.05) is 134 Å². The van der Waals surface area contributed by atoms with Crippen LogP contribution in [-0.2, 0) is 39.8 Å². The lowest BCUT2D eigenvalue weighted by molar-refractivity contribution is -0.263. The summed E-state index contributed by atoms with van der Waals surface area (Å²) in [6.07, 6.45) is 5.88. The molecule has 16 nitrogen and oxygen atoms in total. The summed E-state index contributed by atoms with van der Waals surface area (Å²) in [5.41, 5.74) is 11.2. The summed E-state index contributed by atoms with van der Waals surface area (Å²) in [4.78, 5) is 44.8. The molecule has 82 heavy (non-hydrogen) atoms. The van der Waals surface area contributed by atoms with Crippen molar-refractivity contribution in [3.8, 4) is 0 Å². The molecule has 9 fully saturated rings. The average molecular weight is 1140 g/mol. The second-order valence-electron chi connectivity index (χ2n) is 26.3. The van der Waals surface area contributed by atoms with Gasteiger partial charge < -0.3 is 54.0 Å². The molecule has 1 aromatic heterocycles. The van der Waals surface area contributed by atoms with Crippen molar-refractivity contribution in [3.05, 3.63) is 66.1 Å². The van der Waals surface area contributed by atoms with E-state index in [-0.39, 0.29) is 103 Å². The third-order valence-electron chi connectivity index (χ3n) is 20.8. The van der Waals surface area contributed by atoms with Crippen LogP contribution in [-0.4, -0.2) is 169 Å². The second-order valence-corrected chi connectivity index (χ2v) is 26.3. The number of halogens is 1. The summed E-state index contributed by atoms with van der Waals surface area (Å²) in [6, 6.07) is 7.23. The Kier molecular flexibility index (Phi) is 19.2. The first-order valence-corrected chi connectivity index (χ1v) is 30.3. The maximum atomic E-state index is 17.3. The fraction of sp³-hybridized carbons (Fsp3) is 0.738. The van der Waals surface area contributed by atoms with Gasteiger partial charge in [0.1, 0.15) is 12.2 Å². The monoisotopic (exact) mass is 1140 g/mol. The smallest absolute Gasteiger partial charge is 0.324 e. The maximum Gasteiger partial charge on any atom is 0.324 e. The highest BCUT2D eigenvalue weighted by Gasteiger charge is 2.68. The number of cyclic esters (lactones) is 1. The highest BCUT2D eigenvalue weighted by atomic mass is 19.1. The Labute approximate surface area is 493 Å². The number of hydrazine groups is 1. The number of allylic oxidation sites excluding steroid dienone is 1. The number of anilines is 3. The molecular weight excluding hydrogens is 1040 g/mol. The van der Waals surface area contributed by atoms with Crippen molar-refractivity contribution < 1.29 is 40.5 Å². The molecule has 1 spiro atoms. The molecule has 2 saturated carbocycles. The van der Waals surface area contributed by atoms with Gasteiger partial charge in [0.25, 0.3) is 0 Å². The van der Waals surface area contributed by atoms with Crippen LogP contribution in [0, 0.1) is 52.3 Å². The van der Waals surface area contributed by atoms with E-state index >= 15 is 9.18 Å². The summed E-state index contributed by atoms with van der Waals surface area (Å²) in [5, 5.41) is 9.21. The second kappa shape index (κ2) is 25.3. The van der Waals surface area contributed by atoms with Crippen LogP contribution in [0.4, 0.5) is 21.5 Å². The lowest BCUT2D eigenvalue weighted by Gasteiger charge is -2.67. The van der Waals surface area contributed by atoms with Crippen LogP contribution in [0.25, 0.3) is 5.57 Å². The van der Waals surface area contributed by atoms with Gasteiger partial charge in [-0.25, -0.2) is 9.82 Å². The predicted octanol–water partition coefficient (Wildman–Crippen LogP) is 9.16. The number of fused-ring (bicyclic) bond motifs is 13. The number of ether oxygens (including phenoxy) is 5. The number of carbonyl (C=O) groups excluding carboxylic acids is 2. The lowest BCUT2D eigenvalue weighted by Crippen LogP contribution is -2.73. The first-order chi connectivity index (χ1) is 38.2. The average Bonchev–Trinajstić information content (AvgIpc) is 3.36. The fourth-order valence-electron chi connectivity index (χ4n) is 16.5. The molecule has 10 aliphatic rings. The largest absolute Gasteiger partial charge is 0.464 e. The number of hydrogen-bond donors (Lipinski definition) is 3. The molecule has 2 aliphatic carbocycles. The van der Waals surface area contributed by atoms with E-state index < -0.39 is 29.7 Å². The standard InChI is InChI=1S/C62H90FN9O7.3CH4.2H2/c1-9-68(31-43-25-45(69-19-16-64-17-20-69)30-65-56(43)40(5)75-8)50-13-12-44-27-46(50)37(2)28-61(6,7)34-79-60(74)49-11-10-18-72(67-49)39(4)55-52(51-33-70(44)21-24-78-51)48-29-62(35-77-36-62)53(48)38(3)57(59(73)66-55)71-32-42-26-47(42)58(71)54(63)41-14-22-76-23-15-41;;;;;/h12-13,25,27,30,38,40-42,47-49,51-55,57-58,64,67H,2,4,9-11,14-24,26,28-29,31-36H2,1,3,5-8H3,(H,66,73);3*1H4;2*1H/t38?,40-,42?,47?,48?,49?,51?,52+,53?,54+,55+,57-,58-;;;;;/m0...../s1. The van der Waals surface area contributed by atoms with Crippen LogP contribution in [0.3, 0.4) is 0 Å². The van der Waals surface area contributed by atoms with Gasteiger partial charge in [-0.15, -0.1) is 0 Å². The Morgan fingerprint density at radius 2 is 1.72 bits per heavy atom. The van der Waals surface area contributed by atoms with Gasteiger partial charge in [-0.1, -0.05) is 56.2 Å². The fourth-order valence-corrected chi connectivity index (χ4v) is 16.5. The van der Waals surface area contributed by atoms with Crippen molar-refractivity contribution in [1.82, 2.24) is 31.0 Å². The minimum atomic E-state index is -1.02. The number of amides is 1. The van der Waals surface area contributed by atoms with Crippen LogP contribution < -0.4 is 30.8 Å². The van der Waals surface area contributed by atoms with Gasteiger partial charge in [-0.2, -0.15) is 0 Å². The van der Waals surface area contributed by atoms with Gasteiger partial charge in [0.15, 0.2) is 0 Å². The Balaban J connectivity index is 0.00000202. The van der Waals surface area contributed by atoms with E-state index in [9.17, 15) is 4.79 Å². The number of carbonyl (C=O) groups is 2. The molecule has 13 atom stereocenters. The molecule has 8 aliphatic heterocycles. The number of aromatic nitrogens is 1. The van der Waals surface area contributed by atoms with E-state index in [0.717, 1.165) is 117 Å². The molecule has 1 amide bonds. The van der Waals surface area contributed by atoms with Gasteiger partial charge in [0.05, 0.1) is 68.3 Å². The third-order valence-corrected chi connectivity index (χ3v) is 20.8. The number of benzene rings is 1. The number of piperidine rings is 1. The minimum Gasteiger partial charge on any atom is -0.464 e. The van der Waals surface area contributed by atoms with E-state index in [1.807, 2.05) is 11.2 Å². The molecule has 9 heterocycles. The topological polar surface area (TPSA) is 145 Å². The minimum absolute atomic E-state index is 0. The normalized spacial score (nSPS) is 33.5. The number of piperazine rings is 1. The Bertz CT molecular complexity index is 2600. The number of morpholine rings is 1. The Morgan fingerprint density at radius 3 is 2.44 bits per heavy atom. The van der Waals surface area contributed by atoms with Crippen molar-refractivity contribution in [2.75, 3.05) is 120 Å². The summed E-state index contributed by atoms with van der Waals surface area (Å²) in [6.45, 7) is 31.5. The molecule has 1 aromatic carbocycles. The molecular formula is C65H106FN9O7. The highest BCUT2D eigenvalue weighted by molar-refractivity contribution is 5.83. The van der Waals surface area contributed by atoms with E-state index in [1.165, 1.54) is 0 Å². The van der Waals surface area contributed by atoms with Crippen molar-refractivity contribution in [2.24, 2.45) is 52.3 Å². The quantitative estimate of drug-likeness (QED) is 0.194. The van der Waals surface area contributed by atoms with Crippen LogP contribution in [0.2, 0.25) is 0 Å². The molecule has 7 saturated heterocycles. The number of rotatable bonds is 10. The molecule has 12 rings (SSSR count). The third kappa shape index (κ3) is 11.7. The molecule has 460 valence electrons. The summed E-state index contributed by atoms with van der Waals surface area (Å²) < 4.78 is 48.4. The van der Waals surface area contributed by atoms with Gasteiger partial charge in [-0.05, 0) is 130 Å². The predicted molar refractivity (Wildman–Crippen MR) is 328 cm³/mol. The molecule has 7 unspecified atom stereocenters. The summed E-state index contributed by atoms with van der Waals surface area (Å²) >= 11 is 0. The maximum absolute atomic E-state index is 17.3. The summed E-state index contributed by atoms with van der Waals surface area (Å²) in [5.74, 6) is 0.331. The van der Waals surface area contributed by atoms with Crippen molar-refractivity contribution in [2.45, 2.75) is 151 Å². The van der Waals surface area contributed by atoms with Crippen LogP contribution in [0.1, 0.15) is 128 Å². The molecule has 0 radical (unpaired) electrons. The number of methoxy groups -OCH3 is 1. The van der Waals surface area contributed by atoms with Crippen LogP contribution in [0.5, 0.6) is 0 Å². The van der Waals surface area contributed by atoms with Crippen LogP contribution in [0.15, 0.2) is 49.3 Å². The first-order valence-electron chi connectivity index (χ1n) is 30.3. The first kappa shape index (κ1) is 62.2. The molecule has 6 bridgehead atoms. The SMILES string of the molecule is C.C.C.C=C1CC(C)(C)COC(=O)C2CCCN(N2)C(=C)[C@H]2NC(=O)[C@@H](N3CC4CC4[C@H]3[C@H](F)C3CCOCC3)C(C)C3C(CC34COC4)[C@@H]2C2CN(CCO2)c2ccc(N(CC)Cc3cc(N4CCNCC4)cnc3[C@H](C)OC)c1c2.[HH].[HH]. The van der Waals surface area contributed by atoms with Gasteiger partial charge >= 0.3 is 5.97 Å². The number of likely N-dealkylation sites (tertiary alicyclic amines) is 1. The zero-order valence-corrected chi connectivity index (χ0v) is 48.1. The number of alkyl halides is 1. The van der Waals surface area contributed by atoms with E-state index in [0.29, 0.717) is 78.0 Å². The molecule has 17 heteroatoms. The zero-order chi connectivity index (χ0) is 54.9. The number of hydrogen-bond acceptors (Lipinski definition) is 15. The molecule has 3 N–H and O–H groups in total. The number of nitrogens with zero attached hydrogens (tertiary/aromatic N) is 6. The van der Waals surface area contributed by atoms with Crippen molar-refractivity contribution in [3.63, 3.8) is 0 Å². The lowest BCUT2D eigenvalue weighted by atomic mass is 9.44. The van der Waals surface area contributed by atoms with E-state index in [2.05, 4.69) is 94.5 Å². The van der Waals surface area contributed by atoms with Crippen molar-refractivity contribution >= 4 is 34.5 Å². The Hall–Kier alpha value is -4.36. The number of nitrogens with one attached hydrogen (secondary N) is 3. The number of pyridine rings is 1. The van der Waals surface area contributed by atoms with Gasteiger partial charge in [-0.3, -0.25) is 19.5 Å². The number of esters is 1. The van der Waals surface area contributed by atoms with Crippen LogP contribution >= 0.6 is 0 Å². The van der Waals surface area contributed by atoms with E-state index in [4.69, 9.17) is 41.8 Å². The van der Waals surface area contributed by atoms with E-state index in [1.54, 1.807) is 7.11 Å². The summed E-state index contributed by atoms with van der Waals surface area (Å²) in [7, 11) is 1.74. The Morgan fingerprint density at radius 1 is 0.951 bits per heavy atom. The van der Waals surface area contributed by atoms with Crippen molar-refractivity contribution in [1.29, 1.82) is 0 Å². The van der Waals surface area contributed by atoms with Gasteiger partial charge in [0.2, 0.25) is 5.91 Å². The highest BCUT2D eigenvalue weighted by Crippen LogP contribution is 2.65. The molecule has 2 aromatic rings. The zero-order valence-electron chi connectivity index (χ0n) is 48.1.